The molecule has 118 valence electrons. The molecule has 0 bridgehead atoms. The van der Waals surface area contributed by atoms with Crippen LogP contribution in [0.5, 0.6) is 0 Å². The SMILES string of the molecule is O=C1CCC(C(=O)N2CCOC(c3ccc(F)cc3)C2)CN1. The van der Waals surface area contributed by atoms with Crippen molar-refractivity contribution in [3.8, 4) is 0 Å². The lowest BCUT2D eigenvalue weighted by molar-refractivity contribution is -0.144. The molecule has 6 heteroatoms. The van der Waals surface area contributed by atoms with E-state index in [-0.39, 0.29) is 29.7 Å². The van der Waals surface area contributed by atoms with Gasteiger partial charge >= 0.3 is 0 Å². The molecule has 5 nitrogen and oxygen atoms in total. The van der Waals surface area contributed by atoms with Gasteiger partial charge in [-0.25, -0.2) is 4.39 Å². The molecular weight excluding hydrogens is 287 g/mol. The second-order valence-corrected chi connectivity index (χ2v) is 5.73. The Morgan fingerprint density at radius 1 is 1.32 bits per heavy atom. The third-order valence-electron chi connectivity index (χ3n) is 4.23. The summed E-state index contributed by atoms with van der Waals surface area (Å²) in [4.78, 5) is 25.5. The molecule has 1 aromatic carbocycles. The predicted molar refractivity (Wildman–Crippen MR) is 77.4 cm³/mol. The van der Waals surface area contributed by atoms with Gasteiger partial charge in [0.25, 0.3) is 0 Å². The summed E-state index contributed by atoms with van der Waals surface area (Å²) in [5.74, 6) is -0.360. The first kappa shape index (κ1) is 15.0. The molecule has 1 aromatic rings. The number of nitrogens with zero attached hydrogens (tertiary/aromatic N) is 1. The number of amides is 2. The molecule has 2 amide bonds. The molecule has 2 atom stereocenters. The van der Waals surface area contributed by atoms with Crippen LogP contribution in [0.3, 0.4) is 0 Å². The van der Waals surface area contributed by atoms with Gasteiger partial charge in [0.1, 0.15) is 11.9 Å². The number of piperidine rings is 1. The van der Waals surface area contributed by atoms with Gasteiger partial charge in [0.2, 0.25) is 11.8 Å². The number of benzene rings is 1. The molecule has 1 N–H and O–H groups in total. The molecule has 0 aliphatic carbocycles. The van der Waals surface area contributed by atoms with Gasteiger partial charge in [-0.15, -0.1) is 0 Å². The fourth-order valence-corrected chi connectivity index (χ4v) is 2.93. The molecular formula is C16H19FN2O3. The van der Waals surface area contributed by atoms with E-state index in [0.717, 1.165) is 5.56 Å². The maximum absolute atomic E-state index is 13.0. The van der Waals surface area contributed by atoms with Crippen LogP contribution in [0, 0.1) is 11.7 Å². The molecule has 0 spiro atoms. The van der Waals surface area contributed by atoms with Gasteiger partial charge < -0.3 is 15.0 Å². The highest BCUT2D eigenvalue weighted by atomic mass is 19.1. The van der Waals surface area contributed by atoms with E-state index >= 15 is 0 Å². The predicted octanol–water partition coefficient (Wildman–Crippen LogP) is 1.25. The van der Waals surface area contributed by atoms with Crippen LogP contribution in [-0.4, -0.2) is 43.0 Å². The summed E-state index contributed by atoms with van der Waals surface area (Å²) in [7, 11) is 0. The average molecular weight is 306 g/mol. The normalized spacial score (nSPS) is 25.7. The lowest BCUT2D eigenvalue weighted by Gasteiger charge is -2.36. The maximum atomic E-state index is 13.0. The van der Waals surface area contributed by atoms with Crippen molar-refractivity contribution in [2.75, 3.05) is 26.2 Å². The van der Waals surface area contributed by atoms with Gasteiger partial charge in [-0.1, -0.05) is 12.1 Å². The van der Waals surface area contributed by atoms with E-state index in [4.69, 9.17) is 4.74 Å². The Balaban J connectivity index is 1.63. The number of carbonyl (C=O) groups is 2. The van der Waals surface area contributed by atoms with E-state index in [1.54, 1.807) is 17.0 Å². The topological polar surface area (TPSA) is 58.6 Å². The number of morpholine rings is 1. The Kier molecular flexibility index (Phi) is 4.38. The Bertz CT molecular complexity index is 551. The van der Waals surface area contributed by atoms with E-state index in [2.05, 4.69) is 5.32 Å². The molecule has 2 aliphatic rings. The monoisotopic (exact) mass is 306 g/mol. The minimum atomic E-state index is -0.287. The standard InChI is InChI=1S/C16H19FN2O3/c17-13-4-1-11(2-5-13)14-10-19(7-8-22-14)16(21)12-3-6-15(20)18-9-12/h1-2,4-5,12,14H,3,6-10H2,(H,18,20). The Morgan fingerprint density at radius 3 is 2.77 bits per heavy atom. The highest BCUT2D eigenvalue weighted by Crippen LogP contribution is 2.24. The largest absolute Gasteiger partial charge is 0.370 e. The molecule has 22 heavy (non-hydrogen) atoms. The molecule has 2 saturated heterocycles. The molecule has 0 radical (unpaired) electrons. The number of carbonyl (C=O) groups excluding carboxylic acids is 2. The smallest absolute Gasteiger partial charge is 0.227 e. The fourth-order valence-electron chi connectivity index (χ4n) is 2.93. The third-order valence-corrected chi connectivity index (χ3v) is 4.23. The minimum absolute atomic E-state index is 0.00946. The van der Waals surface area contributed by atoms with Crippen LogP contribution in [0.15, 0.2) is 24.3 Å². The zero-order valence-electron chi connectivity index (χ0n) is 12.3. The van der Waals surface area contributed by atoms with E-state index in [1.807, 2.05) is 0 Å². The van der Waals surface area contributed by atoms with Crippen molar-refractivity contribution in [1.29, 1.82) is 0 Å². The first-order valence-electron chi connectivity index (χ1n) is 7.56. The molecule has 2 unspecified atom stereocenters. The highest BCUT2D eigenvalue weighted by Gasteiger charge is 2.32. The number of rotatable bonds is 2. The molecule has 0 aromatic heterocycles. The van der Waals surface area contributed by atoms with E-state index in [1.165, 1.54) is 12.1 Å². The minimum Gasteiger partial charge on any atom is -0.370 e. The summed E-state index contributed by atoms with van der Waals surface area (Å²) in [6.07, 6.45) is 0.780. The zero-order chi connectivity index (χ0) is 15.5. The van der Waals surface area contributed by atoms with Gasteiger partial charge in [0.05, 0.1) is 19.1 Å². The first-order chi connectivity index (χ1) is 10.6. The summed E-state index contributed by atoms with van der Waals surface area (Å²) in [5.41, 5.74) is 0.871. The van der Waals surface area contributed by atoms with Crippen molar-refractivity contribution >= 4 is 11.8 Å². The Morgan fingerprint density at radius 2 is 2.09 bits per heavy atom. The number of halogens is 1. The van der Waals surface area contributed by atoms with Crippen molar-refractivity contribution in [3.05, 3.63) is 35.6 Å². The highest BCUT2D eigenvalue weighted by molar-refractivity contribution is 5.83. The number of ether oxygens (including phenoxy) is 1. The average Bonchev–Trinajstić information content (AvgIpc) is 2.56. The maximum Gasteiger partial charge on any atom is 0.227 e. The molecule has 2 aliphatic heterocycles. The van der Waals surface area contributed by atoms with Gasteiger partial charge in [-0.3, -0.25) is 9.59 Å². The van der Waals surface area contributed by atoms with Gasteiger partial charge in [-0.05, 0) is 24.1 Å². The van der Waals surface area contributed by atoms with Crippen LogP contribution in [0.1, 0.15) is 24.5 Å². The summed E-state index contributed by atoms with van der Waals surface area (Å²) in [6.45, 7) is 1.90. The van der Waals surface area contributed by atoms with E-state index in [0.29, 0.717) is 39.1 Å². The Labute approximate surface area is 128 Å². The molecule has 2 heterocycles. The van der Waals surface area contributed by atoms with E-state index < -0.39 is 0 Å². The summed E-state index contributed by atoms with van der Waals surface area (Å²) in [5, 5.41) is 2.74. The van der Waals surface area contributed by atoms with Gasteiger partial charge in [0.15, 0.2) is 0 Å². The van der Waals surface area contributed by atoms with Crippen molar-refractivity contribution in [2.45, 2.75) is 18.9 Å². The van der Waals surface area contributed by atoms with Crippen LogP contribution in [0.4, 0.5) is 4.39 Å². The fraction of sp³-hybridized carbons (Fsp3) is 0.500. The summed E-state index contributed by atoms with van der Waals surface area (Å²) >= 11 is 0. The van der Waals surface area contributed by atoms with Gasteiger partial charge in [0, 0.05) is 19.5 Å². The number of hydrogen-bond donors (Lipinski definition) is 1. The van der Waals surface area contributed by atoms with E-state index in [9.17, 15) is 14.0 Å². The number of nitrogens with one attached hydrogen (secondary N) is 1. The third kappa shape index (κ3) is 3.27. The summed E-state index contributed by atoms with van der Waals surface area (Å²) in [6, 6.07) is 6.18. The number of hydrogen-bond acceptors (Lipinski definition) is 3. The summed E-state index contributed by atoms with van der Waals surface area (Å²) < 4.78 is 18.7. The molecule has 3 rings (SSSR count). The second kappa shape index (κ2) is 6.44. The lowest BCUT2D eigenvalue weighted by atomic mass is 9.97. The van der Waals surface area contributed by atoms with Crippen LogP contribution >= 0.6 is 0 Å². The first-order valence-corrected chi connectivity index (χ1v) is 7.56. The van der Waals surface area contributed by atoms with Crippen LogP contribution in [0.25, 0.3) is 0 Å². The Hall–Kier alpha value is -1.95. The van der Waals surface area contributed by atoms with Crippen molar-refractivity contribution in [3.63, 3.8) is 0 Å². The lowest BCUT2D eigenvalue weighted by Crippen LogP contribution is -2.49. The van der Waals surface area contributed by atoms with Gasteiger partial charge in [-0.2, -0.15) is 0 Å². The van der Waals surface area contributed by atoms with Crippen molar-refractivity contribution in [1.82, 2.24) is 10.2 Å². The van der Waals surface area contributed by atoms with Crippen LogP contribution in [0.2, 0.25) is 0 Å². The molecule has 0 saturated carbocycles. The second-order valence-electron chi connectivity index (χ2n) is 5.73. The van der Waals surface area contributed by atoms with Crippen LogP contribution < -0.4 is 5.32 Å². The van der Waals surface area contributed by atoms with Crippen molar-refractivity contribution < 1.29 is 18.7 Å². The quantitative estimate of drug-likeness (QED) is 0.895. The molecule has 2 fully saturated rings. The van der Waals surface area contributed by atoms with Crippen LogP contribution in [-0.2, 0) is 14.3 Å². The van der Waals surface area contributed by atoms with Crippen molar-refractivity contribution in [2.24, 2.45) is 5.92 Å². The zero-order valence-corrected chi connectivity index (χ0v) is 12.3.